The van der Waals surface area contributed by atoms with E-state index in [0.717, 1.165) is 5.56 Å². The first-order valence-corrected chi connectivity index (χ1v) is 7.40. The third-order valence-electron chi connectivity index (χ3n) is 2.70. The first-order valence-electron chi connectivity index (χ1n) is 5.51. The fourth-order valence-electron chi connectivity index (χ4n) is 1.30. The van der Waals surface area contributed by atoms with Crippen molar-refractivity contribution >= 4 is 9.84 Å². The van der Waals surface area contributed by atoms with Crippen molar-refractivity contribution in [2.75, 3.05) is 6.26 Å². The van der Waals surface area contributed by atoms with Gasteiger partial charge in [0.25, 0.3) is 0 Å². The Labute approximate surface area is 103 Å². The lowest BCUT2D eigenvalue weighted by Crippen LogP contribution is -2.34. The number of hydrogen-bond donors (Lipinski definition) is 2. The summed E-state index contributed by atoms with van der Waals surface area (Å²) >= 11 is 0. The molecule has 96 valence electrons. The summed E-state index contributed by atoms with van der Waals surface area (Å²) in [7, 11) is -3.12. The molecule has 4 nitrogen and oxygen atoms in total. The van der Waals surface area contributed by atoms with Crippen LogP contribution in [-0.4, -0.2) is 31.9 Å². The molecule has 0 aliphatic carbocycles. The van der Waals surface area contributed by atoms with Gasteiger partial charge >= 0.3 is 0 Å². The van der Waals surface area contributed by atoms with Crippen molar-refractivity contribution in [3.63, 3.8) is 0 Å². The summed E-state index contributed by atoms with van der Waals surface area (Å²) in [6.07, 6.45) is 0.778. The lowest BCUT2D eigenvalue weighted by atomic mass is 10.2. The second kappa shape index (κ2) is 5.62. The van der Waals surface area contributed by atoms with E-state index in [1.54, 1.807) is 31.2 Å². The molecule has 0 aromatic heterocycles. The molecule has 0 amide bonds. The second-order valence-electron chi connectivity index (χ2n) is 4.33. The van der Waals surface area contributed by atoms with Crippen LogP contribution in [0.3, 0.4) is 0 Å². The SMILES string of the molecule is CC(O)C(C)NCc1ccc(S(C)(=O)=O)cc1. The number of nitrogens with one attached hydrogen (secondary N) is 1. The Bertz CT molecular complexity index is 451. The van der Waals surface area contributed by atoms with Gasteiger partial charge in [-0.3, -0.25) is 0 Å². The predicted octanol–water partition coefficient (Wildman–Crippen LogP) is 0.949. The summed E-state index contributed by atoms with van der Waals surface area (Å²) < 4.78 is 22.5. The van der Waals surface area contributed by atoms with Gasteiger partial charge in [0, 0.05) is 18.8 Å². The molecular weight excluding hydrogens is 238 g/mol. The van der Waals surface area contributed by atoms with E-state index >= 15 is 0 Å². The van der Waals surface area contributed by atoms with E-state index < -0.39 is 15.9 Å². The quantitative estimate of drug-likeness (QED) is 0.824. The molecule has 1 aromatic rings. The highest BCUT2D eigenvalue weighted by Gasteiger charge is 2.08. The average molecular weight is 257 g/mol. The maximum Gasteiger partial charge on any atom is 0.175 e. The summed E-state index contributed by atoms with van der Waals surface area (Å²) in [5.41, 5.74) is 0.991. The van der Waals surface area contributed by atoms with Crippen LogP contribution >= 0.6 is 0 Å². The molecule has 5 heteroatoms. The van der Waals surface area contributed by atoms with Crippen molar-refractivity contribution in [2.24, 2.45) is 0 Å². The Morgan fingerprint density at radius 3 is 2.18 bits per heavy atom. The Morgan fingerprint density at radius 2 is 1.76 bits per heavy atom. The number of hydrogen-bond acceptors (Lipinski definition) is 4. The van der Waals surface area contributed by atoms with Crippen LogP contribution in [0, 0.1) is 0 Å². The predicted molar refractivity (Wildman–Crippen MR) is 67.5 cm³/mol. The van der Waals surface area contributed by atoms with E-state index in [-0.39, 0.29) is 6.04 Å². The molecular formula is C12H19NO3S. The minimum Gasteiger partial charge on any atom is -0.392 e. The van der Waals surface area contributed by atoms with Gasteiger partial charge in [0.2, 0.25) is 0 Å². The van der Waals surface area contributed by atoms with Gasteiger partial charge in [-0.2, -0.15) is 0 Å². The molecule has 2 N–H and O–H groups in total. The third kappa shape index (κ3) is 4.46. The Balaban J connectivity index is 2.64. The third-order valence-corrected chi connectivity index (χ3v) is 3.83. The van der Waals surface area contributed by atoms with Crippen LogP contribution in [0.1, 0.15) is 19.4 Å². The molecule has 0 radical (unpaired) electrons. The minimum absolute atomic E-state index is 0.00424. The van der Waals surface area contributed by atoms with E-state index in [1.165, 1.54) is 6.26 Å². The minimum atomic E-state index is -3.12. The van der Waals surface area contributed by atoms with Crippen LogP contribution in [0.25, 0.3) is 0 Å². The van der Waals surface area contributed by atoms with E-state index in [0.29, 0.717) is 11.4 Å². The summed E-state index contributed by atoms with van der Waals surface area (Å²) in [4.78, 5) is 0.324. The number of benzene rings is 1. The molecule has 0 aliphatic heterocycles. The van der Waals surface area contributed by atoms with E-state index in [4.69, 9.17) is 0 Å². The highest BCUT2D eigenvalue weighted by atomic mass is 32.2. The molecule has 1 rings (SSSR count). The molecule has 1 aromatic carbocycles. The van der Waals surface area contributed by atoms with Gasteiger partial charge in [-0.15, -0.1) is 0 Å². The van der Waals surface area contributed by atoms with Crippen molar-refractivity contribution in [3.8, 4) is 0 Å². The monoisotopic (exact) mass is 257 g/mol. The molecule has 0 aliphatic rings. The van der Waals surface area contributed by atoms with Crippen LogP contribution in [0.4, 0.5) is 0 Å². The molecule has 0 heterocycles. The molecule has 0 bridgehead atoms. The highest BCUT2D eigenvalue weighted by Crippen LogP contribution is 2.10. The first-order chi connectivity index (χ1) is 7.80. The van der Waals surface area contributed by atoms with E-state index in [2.05, 4.69) is 5.32 Å². The van der Waals surface area contributed by atoms with Crippen molar-refractivity contribution in [2.45, 2.75) is 37.4 Å². The van der Waals surface area contributed by atoms with Crippen molar-refractivity contribution < 1.29 is 13.5 Å². The highest BCUT2D eigenvalue weighted by molar-refractivity contribution is 7.90. The normalized spacial score (nSPS) is 15.5. The van der Waals surface area contributed by atoms with Crippen LogP contribution < -0.4 is 5.32 Å². The van der Waals surface area contributed by atoms with Gasteiger partial charge in [0.15, 0.2) is 9.84 Å². The van der Waals surface area contributed by atoms with Gasteiger partial charge in [-0.25, -0.2) is 8.42 Å². The fourth-order valence-corrected chi connectivity index (χ4v) is 1.93. The smallest absolute Gasteiger partial charge is 0.175 e. The summed E-state index contributed by atoms with van der Waals surface area (Å²) in [6.45, 7) is 4.23. The van der Waals surface area contributed by atoms with Gasteiger partial charge in [0.1, 0.15) is 0 Å². The molecule has 17 heavy (non-hydrogen) atoms. The number of aliphatic hydroxyl groups excluding tert-OH is 1. The first kappa shape index (κ1) is 14.2. The number of rotatable bonds is 5. The molecule has 0 fully saturated rings. The molecule has 0 saturated heterocycles. The van der Waals surface area contributed by atoms with Crippen LogP contribution in [0.2, 0.25) is 0 Å². The fraction of sp³-hybridized carbons (Fsp3) is 0.500. The molecule has 2 unspecified atom stereocenters. The largest absolute Gasteiger partial charge is 0.392 e. The van der Waals surface area contributed by atoms with Crippen LogP contribution in [0.15, 0.2) is 29.2 Å². The second-order valence-corrected chi connectivity index (χ2v) is 6.34. The van der Waals surface area contributed by atoms with Crippen molar-refractivity contribution in [1.29, 1.82) is 0 Å². The Morgan fingerprint density at radius 1 is 1.24 bits per heavy atom. The van der Waals surface area contributed by atoms with Crippen LogP contribution in [-0.2, 0) is 16.4 Å². The topological polar surface area (TPSA) is 66.4 Å². The average Bonchev–Trinajstić information content (AvgIpc) is 2.25. The van der Waals surface area contributed by atoms with E-state index in [9.17, 15) is 13.5 Å². The van der Waals surface area contributed by atoms with Gasteiger partial charge in [-0.05, 0) is 31.5 Å². The molecule has 2 atom stereocenters. The Hall–Kier alpha value is -0.910. The van der Waals surface area contributed by atoms with Gasteiger partial charge in [0.05, 0.1) is 11.0 Å². The zero-order valence-electron chi connectivity index (χ0n) is 10.3. The zero-order valence-corrected chi connectivity index (χ0v) is 11.2. The standard InChI is InChI=1S/C12H19NO3S/c1-9(10(2)14)13-8-11-4-6-12(7-5-11)17(3,15)16/h4-7,9-10,13-14H,8H2,1-3H3. The number of aliphatic hydroxyl groups is 1. The zero-order chi connectivity index (χ0) is 13.1. The van der Waals surface area contributed by atoms with Crippen LogP contribution in [0.5, 0.6) is 0 Å². The molecule has 0 spiro atoms. The Kier molecular flexibility index (Phi) is 4.68. The van der Waals surface area contributed by atoms with E-state index in [1.807, 2.05) is 6.92 Å². The lowest BCUT2D eigenvalue weighted by Gasteiger charge is -2.16. The summed E-state index contributed by atoms with van der Waals surface area (Å²) in [5.74, 6) is 0. The maximum atomic E-state index is 11.3. The summed E-state index contributed by atoms with van der Waals surface area (Å²) in [6, 6.07) is 6.75. The molecule has 0 saturated carbocycles. The number of sulfone groups is 1. The van der Waals surface area contributed by atoms with Crippen molar-refractivity contribution in [1.82, 2.24) is 5.32 Å². The summed E-state index contributed by atoms with van der Waals surface area (Å²) in [5, 5.41) is 12.5. The van der Waals surface area contributed by atoms with Gasteiger partial charge < -0.3 is 10.4 Å². The van der Waals surface area contributed by atoms with Crippen molar-refractivity contribution in [3.05, 3.63) is 29.8 Å². The lowest BCUT2D eigenvalue weighted by molar-refractivity contribution is 0.152. The maximum absolute atomic E-state index is 11.3. The van der Waals surface area contributed by atoms with Gasteiger partial charge in [-0.1, -0.05) is 12.1 Å².